The van der Waals surface area contributed by atoms with E-state index in [0.717, 1.165) is 6.20 Å². The number of nitrogens with one attached hydrogen (secondary N) is 2. The number of alkyl carbamates (subject to hydrolysis) is 1. The van der Waals surface area contributed by atoms with Gasteiger partial charge in [-0.2, -0.15) is 4.73 Å². The van der Waals surface area contributed by atoms with E-state index in [1.165, 1.54) is 13.3 Å². The second-order valence-electron chi connectivity index (χ2n) is 6.51. The minimum absolute atomic E-state index is 0.0673. The first-order valence-electron chi connectivity index (χ1n) is 7.95. The van der Waals surface area contributed by atoms with Gasteiger partial charge in [-0.1, -0.05) is 0 Å². The molecule has 0 radical (unpaired) electrons. The number of nitrogens with zero attached hydrogens (tertiary/aromatic N) is 2. The van der Waals surface area contributed by atoms with Crippen LogP contribution in [0.5, 0.6) is 0 Å². The molecule has 0 spiro atoms. The fraction of sp³-hybridized carbons (Fsp3) is 0.562. The number of ether oxygens (including phenoxy) is 2. The number of carbonyl (C=O) groups excluding carboxylic acids is 3. The molecule has 10 heteroatoms. The largest absolute Gasteiger partial charge is 0.618 e. The lowest BCUT2D eigenvalue weighted by atomic mass is 10.2. The zero-order valence-electron chi connectivity index (χ0n) is 15.5. The summed E-state index contributed by atoms with van der Waals surface area (Å²) in [7, 11) is 1.18. The molecular weight excluding hydrogens is 344 g/mol. The second kappa shape index (κ2) is 8.97. The van der Waals surface area contributed by atoms with Crippen LogP contribution in [0.25, 0.3) is 0 Å². The normalized spacial score (nSPS) is 12.0. The van der Waals surface area contributed by atoms with Crippen molar-refractivity contribution in [1.29, 1.82) is 0 Å². The molecule has 0 aliphatic heterocycles. The highest BCUT2D eigenvalue weighted by molar-refractivity contribution is 5.94. The van der Waals surface area contributed by atoms with Crippen molar-refractivity contribution in [2.45, 2.75) is 45.8 Å². The van der Waals surface area contributed by atoms with Crippen molar-refractivity contribution < 1.29 is 28.6 Å². The van der Waals surface area contributed by atoms with Crippen molar-refractivity contribution in [1.82, 2.24) is 15.6 Å². The summed E-state index contributed by atoms with van der Waals surface area (Å²) in [6, 6.07) is -1.02. The summed E-state index contributed by atoms with van der Waals surface area (Å²) in [6.07, 6.45) is 1.69. The fourth-order valence-electron chi connectivity index (χ4n) is 1.84. The summed E-state index contributed by atoms with van der Waals surface area (Å²) in [5, 5.41) is 16.4. The van der Waals surface area contributed by atoms with E-state index in [0.29, 0.717) is 10.4 Å². The number of esters is 1. The van der Waals surface area contributed by atoms with Crippen LogP contribution in [0.3, 0.4) is 0 Å². The average molecular weight is 368 g/mol. The molecular formula is C16H24N4O6. The van der Waals surface area contributed by atoms with Crippen molar-refractivity contribution in [2.24, 2.45) is 0 Å². The van der Waals surface area contributed by atoms with Crippen LogP contribution >= 0.6 is 0 Å². The Kier molecular flexibility index (Phi) is 7.29. The highest BCUT2D eigenvalue weighted by Gasteiger charge is 2.24. The lowest BCUT2D eigenvalue weighted by Gasteiger charge is -2.20. The molecule has 0 saturated carbocycles. The van der Waals surface area contributed by atoms with Crippen molar-refractivity contribution >= 4 is 18.0 Å². The predicted molar refractivity (Wildman–Crippen MR) is 90.1 cm³/mol. The fourth-order valence-corrected chi connectivity index (χ4v) is 1.84. The minimum atomic E-state index is -1.02. The highest BCUT2D eigenvalue weighted by Crippen LogP contribution is 2.06. The third-order valence-corrected chi connectivity index (χ3v) is 3.10. The molecule has 0 aliphatic carbocycles. The number of hydrogen-bond acceptors (Lipinski definition) is 7. The first kappa shape index (κ1) is 21.1. The standard InChI is InChI=1S/C16H24N4O6/c1-10-8-18-12(9-20(10)24)13(21)19-11(14(22)25-5)6-7-17-15(23)26-16(2,3)4/h8-9,11H,6-7H2,1-5H3,(H,17,23)(H,19,21). The minimum Gasteiger partial charge on any atom is -0.618 e. The van der Waals surface area contributed by atoms with E-state index in [4.69, 9.17) is 4.74 Å². The molecule has 1 unspecified atom stereocenters. The Morgan fingerprint density at radius 1 is 1.35 bits per heavy atom. The molecule has 2 N–H and O–H groups in total. The third-order valence-electron chi connectivity index (χ3n) is 3.10. The van der Waals surface area contributed by atoms with Gasteiger partial charge in [0.15, 0.2) is 5.69 Å². The van der Waals surface area contributed by atoms with E-state index >= 15 is 0 Å². The number of amides is 2. The number of methoxy groups -OCH3 is 1. The second-order valence-corrected chi connectivity index (χ2v) is 6.51. The molecule has 1 aromatic heterocycles. The Morgan fingerprint density at radius 2 is 2.00 bits per heavy atom. The van der Waals surface area contributed by atoms with Gasteiger partial charge in [-0.3, -0.25) is 4.79 Å². The SMILES string of the molecule is COC(=O)C(CCNC(=O)OC(C)(C)C)NC(=O)c1c[n+]([O-])c(C)cn1. The van der Waals surface area contributed by atoms with E-state index < -0.39 is 29.6 Å². The topological polar surface area (TPSA) is 134 Å². The van der Waals surface area contributed by atoms with Gasteiger partial charge in [-0.25, -0.2) is 14.6 Å². The molecule has 0 bridgehead atoms. The Balaban J connectivity index is 2.66. The quantitative estimate of drug-likeness (QED) is 0.416. The number of rotatable bonds is 6. The van der Waals surface area contributed by atoms with Crippen molar-refractivity contribution in [3.63, 3.8) is 0 Å². The van der Waals surface area contributed by atoms with Gasteiger partial charge in [0, 0.05) is 13.5 Å². The number of hydrogen-bond donors (Lipinski definition) is 2. The van der Waals surface area contributed by atoms with E-state index in [2.05, 4.69) is 20.4 Å². The molecule has 1 heterocycles. The van der Waals surface area contributed by atoms with Gasteiger partial charge < -0.3 is 25.3 Å². The van der Waals surface area contributed by atoms with Crippen molar-refractivity contribution in [3.8, 4) is 0 Å². The van der Waals surface area contributed by atoms with Crippen LogP contribution in [0.1, 0.15) is 43.4 Å². The predicted octanol–water partition coefficient (Wildman–Crippen LogP) is 0.210. The van der Waals surface area contributed by atoms with Gasteiger partial charge in [0.1, 0.15) is 11.6 Å². The molecule has 144 valence electrons. The van der Waals surface area contributed by atoms with E-state index in [9.17, 15) is 19.6 Å². The summed E-state index contributed by atoms with van der Waals surface area (Å²) in [4.78, 5) is 39.5. The summed E-state index contributed by atoms with van der Waals surface area (Å²) in [6.45, 7) is 6.78. The number of aromatic nitrogens is 2. The average Bonchev–Trinajstić information content (AvgIpc) is 2.53. The van der Waals surface area contributed by atoms with Crippen LogP contribution in [0.4, 0.5) is 4.79 Å². The maximum atomic E-state index is 12.2. The zero-order chi connectivity index (χ0) is 19.9. The van der Waals surface area contributed by atoms with Crippen LogP contribution in [0, 0.1) is 12.1 Å². The Labute approximate surface area is 151 Å². The molecule has 1 atom stereocenters. The van der Waals surface area contributed by atoms with E-state index in [-0.39, 0.29) is 18.7 Å². The molecule has 0 aromatic carbocycles. The smallest absolute Gasteiger partial charge is 0.407 e. The number of aryl methyl sites for hydroxylation is 1. The number of carbonyl (C=O) groups is 3. The van der Waals surface area contributed by atoms with Crippen LogP contribution in [-0.2, 0) is 14.3 Å². The van der Waals surface area contributed by atoms with Crippen molar-refractivity contribution in [3.05, 3.63) is 29.0 Å². The maximum absolute atomic E-state index is 12.2. The van der Waals surface area contributed by atoms with Gasteiger partial charge in [-0.05, 0) is 27.2 Å². The lowest BCUT2D eigenvalue weighted by molar-refractivity contribution is -0.613. The molecule has 1 aromatic rings. The summed E-state index contributed by atoms with van der Waals surface area (Å²) < 4.78 is 10.2. The Morgan fingerprint density at radius 3 is 2.54 bits per heavy atom. The van der Waals surface area contributed by atoms with Gasteiger partial charge in [-0.15, -0.1) is 0 Å². The van der Waals surface area contributed by atoms with Crippen LogP contribution in [0.2, 0.25) is 0 Å². The van der Waals surface area contributed by atoms with Crippen LogP contribution in [0.15, 0.2) is 12.4 Å². The molecule has 1 rings (SSSR count). The van der Waals surface area contributed by atoms with Gasteiger partial charge in [0.2, 0.25) is 11.9 Å². The first-order valence-corrected chi connectivity index (χ1v) is 7.95. The molecule has 26 heavy (non-hydrogen) atoms. The highest BCUT2D eigenvalue weighted by atomic mass is 16.6. The molecule has 10 nitrogen and oxygen atoms in total. The Hall–Kier alpha value is -2.91. The Bertz CT molecular complexity index is 671. The van der Waals surface area contributed by atoms with Gasteiger partial charge in [0.05, 0.1) is 13.3 Å². The lowest BCUT2D eigenvalue weighted by Crippen LogP contribution is -2.45. The van der Waals surface area contributed by atoms with Crippen molar-refractivity contribution in [2.75, 3.05) is 13.7 Å². The van der Waals surface area contributed by atoms with E-state index in [1.807, 2.05) is 0 Å². The summed E-state index contributed by atoms with van der Waals surface area (Å²) in [5.74, 6) is -1.39. The zero-order valence-corrected chi connectivity index (χ0v) is 15.5. The molecule has 0 aliphatic rings. The van der Waals surface area contributed by atoms with Crippen LogP contribution < -0.4 is 15.4 Å². The maximum Gasteiger partial charge on any atom is 0.407 e. The van der Waals surface area contributed by atoms with Gasteiger partial charge >= 0.3 is 12.1 Å². The summed E-state index contributed by atoms with van der Waals surface area (Å²) >= 11 is 0. The van der Waals surface area contributed by atoms with Gasteiger partial charge in [0.25, 0.3) is 5.91 Å². The first-order chi connectivity index (χ1) is 12.0. The molecule has 2 amide bonds. The molecule has 0 fully saturated rings. The van der Waals surface area contributed by atoms with E-state index in [1.54, 1.807) is 27.7 Å². The monoisotopic (exact) mass is 368 g/mol. The van der Waals surface area contributed by atoms with Crippen LogP contribution in [-0.4, -0.2) is 48.3 Å². The summed E-state index contributed by atoms with van der Waals surface area (Å²) in [5.41, 5.74) is -0.461. The molecule has 0 saturated heterocycles. The third kappa shape index (κ3) is 6.91.